The molecule has 0 atom stereocenters. The zero-order chi connectivity index (χ0) is 15.2. The van der Waals surface area contributed by atoms with E-state index in [1.807, 2.05) is 0 Å². The number of hydrogen-bond acceptors (Lipinski definition) is 6. The molecule has 8 heteroatoms. The fourth-order valence-corrected chi connectivity index (χ4v) is 1.10. The number of carbonyl (C=O) groups excluding carboxylic acids is 1. The van der Waals surface area contributed by atoms with Crippen LogP contribution in [0.25, 0.3) is 6.08 Å². The van der Waals surface area contributed by atoms with Crippen LogP contribution < -0.4 is 5.43 Å². The van der Waals surface area contributed by atoms with Gasteiger partial charge in [-0.1, -0.05) is 0 Å². The number of rotatable bonds is 4. The number of amides is 1. The van der Waals surface area contributed by atoms with E-state index in [4.69, 9.17) is 9.15 Å². The maximum Gasteiger partial charge on any atom is 0.433 e. The fourth-order valence-electron chi connectivity index (χ4n) is 1.10. The van der Waals surface area contributed by atoms with E-state index in [2.05, 4.69) is 10.5 Å². The molecule has 0 aromatic carbocycles. The van der Waals surface area contributed by atoms with Crippen LogP contribution in [0.2, 0.25) is 0 Å². The Labute approximate surface area is 115 Å². The number of allylic oxidation sites excluding steroid dienone is 1. The lowest BCUT2D eigenvalue weighted by Crippen LogP contribution is -2.29. The van der Waals surface area contributed by atoms with Gasteiger partial charge in [0.1, 0.15) is 16.3 Å². The lowest BCUT2D eigenvalue weighted by atomic mass is 10.2. The lowest BCUT2D eigenvalue weighted by Gasteiger charge is -2.18. The maximum absolute atomic E-state index is 11.2. The second kappa shape index (κ2) is 6.50. The molecule has 20 heavy (non-hydrogen) atoms. The minimum Gasteiger partial charge on any atom is -0.443 e. The van der Waals surface area contributed by atoms with Crippen LogP contribution in [0.1, 0.15) is 26.5 Å². The Kier molecular flexibility index (Phi) is 5.01. The van der Waals surface area contributed by atoms with Gasteiger partial charge in [0, 0.05) is 6.21 Å². The summed E-state index contributed by atoms with van der Waals surface area (Å²) < 4.78 is 9.83. The van der Waals surface area contributed by atoms with Crippen molar-refractivity contribution < 1.29 is 18.9 Å². The first-order valence-electron chi connectivity index (χ1n) is 5.71. The number of furan rings is 1. The predicted octanol–water partition coefficient (Wildman–Crippen LogP) is 2.71. The number of hydrazone groups is 1. The number of ether oxygens (including phenoxy) is 1. The highest BCUT2D eigenvalue weighted by Gasteiger charge is 2.15. The van der Waals surface area contributed by atoms with Gasteiger partial charge in [-0.3, -0.25) is 10.1 Å². The molecule has 8 nitrogen and oxygen atoms in total. The van der Waals surface area contributed by atoms with E-state index < -0.39 is 16.6 Å². The first-order chi connectivity index (χ1) is 9.28. The molecule has 1 aromatic rings. The summed E-state index contributed by atoms with van der Waals surface area (Å²) >= 11 is 0. The van der Waals surface area contributed by atoms with E-state index in [0.717, 1.165) is 0 Å². The third-order valence-corrected chi connectivity index (χ3v) is 1.77. The molecule has 0 aliphatic carbocycles. The molecule has 0 bridgehead atoms. The van der Waals surface area contributed by atoms with Crippen LogP contribution in [0, 0.1) is 10.1 Å². The third-order valence-electron chi connectivity index (χ3n) is 1.77. The van der Waals surface area contributed by atoms with Gasteiger partial charge < -0.3 is 9.15 Å². The number of nitro groups is 1. The molecule has 0 fully saturated rings. The molecule has 1 rings (SSSR count). The molecule has 1 N–H and O–H groups in total. The van der Waals surface area contributed by atoms with Gasteiger partial charge in [-0.05, 0) is 39.0 Å². The summed E-state index contributed by atoms with van der Waals surface area (Å²) in [5, 5.41) is 14.0. The van der Waals surface area contributed by atoms with E-state index in [-0.39, 0.29) is 5.88 Å². The third kappa shape index (κ3) is 5.80. The molecular formula is C12H15N3O5. The van der Waals surface area contributed by atoms with Gasteiger partial charge in [0.2, 0.25) is 0 Å². The molecule has 1 heterocycles. The van der Waals surface area contributed by atoms with E-state index in [9.17, 15) is 14.9 Å². The molecule has 0 radical (unpaired) electrons. The van der Waals surface area contributed by atoms with Gasteiger partial charge in [-0.15, -0.1) is 0 Å². The van der Waals surface area contributed by atoms with Crippen molar-refractivity contribution >= 4 is 24.3 Å². The molecule has 0 aliphatic rings. The zero-order valence-corrected chi connectivity index (χ0v) is 11.3. The standard InChI is InChI=1S/C12H15N3O5/c1-12(2,3)20-11(16)14-13-8-4-5-9-6-7-10(19-9)15(17)18/h4-8H,1-3H3,(H,14,16). The number of nitrogens with zero attached hydrogens (tertiary/aromatic N) is 2. The first kappa shape index (κ1) is 15.4. The van der Waals surface area contributed by atoms with Crippen LogP contribution in [0.5, 0.6) is 0 Å². The zero-order valence-electron chi connectivity index (χ0n) is 11.3. The summed E-state index contributed by atoms with van der Waals surface area (Å²) in [7, 11) is 0. The fraction of sp³-hybridized carbons (Fsp3) is 0.333. The Hall–Kier alpha value is -2.64. The van der Waals surface area contributed by atoms with Crippen LogP contribution in [0.15, 0.2) is 27.7 Å². The first-order valence-corrected chi connectivity index (χ1v) is 5.71. The van der Waals surface area contributed by atoms with E-state index >= 15 is 0 Å². The van der Waals surface area contributed by atoms with Crippen molar-refractivity contribution in [1.82, 2.24) is 5.43 Å². The highest BCUT2D eigenvalue weighted by Crippen LogP contribution is 2.16. The smallest absolute Gasteiger partial charge is 0.433 e. The molecule has 1 aromatic heterocycles. The van der Waals surface area contributed by atoms with Crippen LogP contribution in [0.4, 0.5) is 10.7 Å². The SMILES string of the molecule is CC(C)(C)OC(=O)NN=CC=Cc1ccc([N+](=O)[O-])o1. The van der Waals surface area contributed by atoms with Crippen LogP contribution in [-0.2, 0) is 4.74 Å². The molecule has 0 aliphatic heterocycles. The molecule has 1 amide bonds. The quantitative estimate of drug-likeness (QED) is 0.518. The number of hydrogen-bond donors (Lipinski definition) is 1. The monoisotopic (exact) mass is 281 g/mol. The Morgan fingerprint density at radius 2 is 2.20 bits per heavy atom. The second-order valence-corrected chi connectivity index (χ2v) is 4.68. The van der Waals surface area contributed by atoms with Crippen molar-refractivity contribution in [3.8, 4) is 0 Å². The molecule has 108 valence electrons. The van der Waals surface area contributed by atoms with Gasteiger partial charge in [0.25, 0.3) is 0 Å². The lowest BCUT2D eigenvalue weighted by molar-refractivity contribution is -0.402. The average Bonchev–Trinajstić information content (AvgIpc) is 2.75. The Morgan fingerprint density at radius 1 is 1.50 bits per heavy atom. The largest absolute Gasteiger partial charge is 0.443 e. The normalized spacial score (nSPS) is 11.9. The van der Waals surface area contributed by atoms with Crippen molar-refractivity contribution in [2.24, 2.45) is 5.10 Å². The van der Waals surface area contributed by atoms with Crippen LogP contribution in [-0.4, -0.2) is 22.8 Å². The van der Waals surface area contributed by atoms with Crippen molar-refractivity contribution in [2.75, 3.05) is 0 Å². The summed E-state index contributed by atoms with van der Waals surface area (Å²) in [6.07, 6.45) is 3.54. The summed E-state index contributed by atoms with van der Waals surface area (Å²) in [4.78, 5) is 21.0. The minimum atomic E-state index is -0.671. The molecule has 0 spiro atoms. The van der Waals surface area contributed by atoms with E-state index in [1.165, 1.54) is 30.5 Å². The second-order valence-electron chi connectivity index (χ2n) is 4.68. The van der Waals surface area contributed by atoms with E-state index in [0.29, 0.717) is 5.76 Å². The highest BCUT2D eigenvalue weighted by molar-refractivity contribution is 5.79. The summed E-state index contributed by atoms with van der Waals surface area (Å²) in [5.74, 6) is -0.0334. The molecule has 0 saturated carbocycles. The summed E-state index contributed by atoms with van der Waals surface area (Å²) in [6.45, 7) is 5.21. The van der Waals surface area contributed by atoms with Crippen molar-refractivity contribution in [3.05, 3.63) is 34.1 Å². The van der Waals surface area contributed by atoms with Gasteiger partial charge in [-0.25, -0.2) is 10.2 Å². The molecule has 0 unspecified atom stereocenters. The molecule has 0 saturated heterocycles. The number of nitrogens with one attached hydrogen (secondary N) is 1. The minimum absolute atomic E-state index is 0.306. The van der Waals surface area contributed by atoms with Gasteiger partial charge >= 0.3 is 12.0 Å². The predicted molar refractivity (Wildman–Crippen MR) is 72.3 cm³/mol. The van der Waals surface area contributed by atoms with Crippen molar-refractivity contribution in [3.63, 3.8) is 0 Å². The summed E-state index contributed by atoms with van der Waals surface area (Å²) in [5.41, 5.74) is 1.57. The van der Waals surface area contributed by atoms with Crippen LogP contribution >= 0.6 is 0 Å². The maximum atomic E-state index is 11.2. The topological polar surface area (TPSA) is 107 Å². The highest BCUT2D eigenvalue weighted by atomic mass is 16.6. The van der Waals surface area contributed by atoms with Gasteiger partial charge in [0.05, 0.1) is 6.07 Å². The van der Waals surface area contributed by atoms with E-state index in [1.54, 1.807) is 20.8 Å². The Morgan fingerprint density at radius 3 is 2.75 bits per heavy atom. The Bertz CT molecular complexity index is 540. The molecular weight excluding hydrogens is 266 g/mol. The van der Waals surface area contributed by atoms with Gasteiger partial charge in [0.15, 0.2) is 0 Å². The van der Waals surface area contributed by atoms with Crippen LogP contribution in [0.3, 0.4) is 0 Å². The van der Waals surface area contributed by atoms with Crippen molar-refractivity contribution in [2.45, 2.75) is 26.4 Å². The number of carbonyl (C=O) groups is 1. The van der Waals surface area contributed by atoms with Gasteiger partial charge in [-0.2, -0.15) is 5.10 Å². The summed E-state index contributed by atoms with van der Waals surface area (Å²) in [6, 6.07) is 2.69. The Balaban J connectivity index is 2.42. The van der Waals surface area contributed by atoms with Crippen molar-refractivity contribution in [1.29, 1.82) is 0 Å². The average molecular weight is 281 g/mol.